The quantitative estimate of drug-likeness (QED) is 0.755. The number of benzene rings is 1. The van der Waals surface area contributed by atoms with E-state index in [4.69, 9.17) is 9.47 Å². The second-order valence-corrected chi connectivity index (χ2v) is 5.11. The summed E-state index contributed by atoms with van der Waals surface area (Å²) < 4.78 is 11.2. The topological polar surface area (TPSA) is 35.5 Å². The predicted octanol–water partition coefficient (Wildman–Crippen LogP) is 2.90. The summed E-state index contributed by atoms with van der Waals surface area (Å²) in [4.78, 5) is 12.0. The summed E-state index contributed by atoms with van der Waals surface area (Å²) >= 11 is 0. The van der Waals surface area contributed by atoms with Crippen LogP contribution in [0.25, 0.3) is 0 Å². The van der Waals surface area contributed by atoms with Crippen LogP contribution in [0, 0.1) is 11.8 Å². The Bertz CT molecular complexity index is 401. The van der Waals surface area contributed by atoms with Gasteiger partial charge in [-0.2, -0.15) is 0 Å². The van der Waals surface area contributed by atoms with E-state index in [0.29, 0.717) is 17.4 Å². The Morgan fingerprint density at radius 1 is 1.22 bits per heavy atom. The largest absolute Gasteiger partial charge is 0.456 e. The summed E-state index contributed by atoms with van der Waals surface area (Å²) in [5, 5.41) is 0. The third-order valence-corrected chi connectivity index (χ3v) is 3.75. The van der Waals surface area contributed by atoms with Gasteiger partial charge in [0.1, 0.15) is 6.10 Å². The van der Waals surface area contributed by atoms with Crippen molar-refractivity contribution >= 4 is 5.97 Å². The van der Waals surface area contributed by atoms with Crippen LogP contribution in [0.15, 0.2) is 30.3 Å². The van der Waals surface area contributed by atoms with Crippen LogP contribution < -0.4 is 0 Å². The Morgan fingerprint density at radius 2 is 1.89 bits per heavy atom. The lowest BCUT2D eigenvalue weighted by Crippen LogP contribution is -2.45. The van der Waals surface area contributed by atoms with Crippen molar-refractivity contribution in [2.24, 2.45) is 11.8 Å². The molecular formula is C15H20O3. The molecule has 2 rings (SSSR count). The fourth-order valence-corrected chi connectivity index (χ4v) is 2.27. The average Bonchev–Trinajstić information content (AvgIpc) is 2.40. The molecule has 1 fully saturated rings. The number of rotatable bonds is 2. The standard InChI is InChI=1S/C15H20O3/c1-10-9-17-12(3)14(11(10)2)18-15(16)13-7-5-4-6-8-13/h4-8,10-12,14H,9H2,1-3H3/t10-,11+,12+,14?/m1/s1. The van der Waals surface area contributed by atoms with Crippen molar-refractivity contribution in [1.29, 1.82) is 0 Å². The van der Waals surface area contributed by atoms with Gasteiger partial charge < -0.3 is 9.47 Å². The van der Waals surface area contributed by atoms with Gasteiger partial charge in [-0.15, -0.1) is 0 Å². The number of carbonyl (C=O) groups excluding carboxylic acids is 1. The van der Waals surface area contributed by atoms with Gasteiger partial charge in [-0.1, -0.05) is 32.0 Å². The fraction of sp³-hybridized carbons (Fsp3) is 0.533. The molecule has 98 valence electrons. The Labute approximate surface area is 108 Å². The second-order valence-electron chi connectivity index (χ2n) is 5.11. The van der Waals surface area contributed by atoms with Crippen molar-refractivity contribution in [3.8, 4) is 0 Å². The molecule has 1 aromatic rings. The molecule has 3 nitrogen and oxygen atoms in total. The summed E-state index contributed by atoms with van der Waals surface area (Å²) in [7, 11) is 0. The average molecular weight is 248 g/mol. The molecule has 0 spiro atoms. The molecule has 0 N–H and O–H groups in total. The van der Waals surface area contributed by atoms with E-state index in [0.717, 1.165) is 6.61 Å². The van der Waals surface area contributed by atoms with Crippen molar-refractivity contribution in [1.82, 2.24) is 0 Å². The summed E-state index contributed by atoms with van der Waals surface area (Å²) in [6, 6.07) is 9.09. The first kappa shape index (κ1) is 13.1. The summed E-state index contributed by atoms with van der Waals surface area (Å²) in [6.45, 7) is 6.94. The van der Waals surface area contributed by atoms with Crippen LogP contribution in [-0.2, 0) is 9.47 Å². The molecule has 1 heterocycles. The van der Waals surface area contributed by atoms with Crippen molar-refractivity contribution in [2.75, 3.05) is 6.61 Å². The minimum atomic E-state index is -0.267. The molecule has 18 heavy (non-hydrogen) atoms. The van der Waals surface area contributed by atoms with Gasteiger partial charge in [0.15, 0.2) is 0 Å². The summed E-state index contributed by atoms with van der Waals surface area (Å²) in [5.41, 5.74) is 0.593. The molecule has 0 aromatic heterocycles. The predicted molar refractivity (Wildman–Crippen MR) is 69.4 cm³/mol. The van der Waals surface area contributed by atoms with Crippen LogP contribution in [0.1, 0.15) is 31.1 Å². The van der Waals surface area contributed by atoms with Crippen LogP contribution >= 0.6 is 0 Å². The van der Waals surface area contributed by atoms with Gasteiger partial charge in [-0.3, -0.25) is 0 Å². The minimum Gasteiger partial charge on any atom is -0.456 e. The maximum atomic E-state index is 12.0. The van der Waals surface area contributed by atoms with E-state index in [2.05, 4.69) is 13.8 Å². The highest BCUT2D eigenvalue weighted by Crippen LogP contribution is 2.28. The molecule has 4 atom stereocenters. The van der Waals surface area contributed by atoms with E-state index in [1.807, 2.05) is 25.1 Å². The first-order valence-corrected chi connectivity index (χ1v) is 6.47. The molecule has 1 aliphatic rings. The number of ether oxygens (including phenoxy) is 2. The van der Waals surface area contributed by atoms with Gasteiger partial charge in [0.25, 0.3) is 0 Å². The van der Waals surface area contributed by atoms with E-state index in [-0.39, 0.29) is 18.2 Å². The highest BCUT2D eigenvalue weighted by molar-refractivity contribution is 5.89. The van der Waals surface area contributed by atoms with Crippen LogP contribution in [0.2, 0.25) is 0 Å². The molecule has 1 unspecified atom stereocenters. The summed E-state index contributed by atoms with van der Waals surface area (Å²) in [5.74, 6) is 0.466. The molecule has 3 heteroatoms. The zero-order valence-electron chi connectivity index (χ0n) is 11.1. The highest BCUT2D eigenvalue weighted by Gasteiger charge is 2.36. The first-order valence-electron chi connectivity index (χ1n) is 6.47. The smallest absolute Gasteiger partial charge is 0.338 e. The molecule has 1 aromatic carbocycles. The zero-order chi connectivity index (χ0) is 13.1. The zero-order valence-corrected chi connectivity index (χ0v) is 11.1. The van der Waals surface area contributed by atoms with Crippen molar-refractivity contribution in [2.45, 2.75) is 33.0 Å². The molecule has 0 amide bonds. The van der Waals surface area contributed by atoms with Gasteiger partial charge in [-0.05, 0) is 25.0 Å². The third-order valence-electron chi connectivity index (χ3n) is 3.75. The molecule has 0 saturated carbocycles. The van der Waals surface area contributed by atoms with Crippen LogP contribution in [0.5, 0.6) is 0 Å². The minimum absolute atomic E-state index is 0.0381. The molecule has 0 bridgehead atoms. The van der Waals surface area contributed by atoms with Gasteiger partial charge in [0, 0.05) is 5.92 Å². The number of hydrogen-bond donors (Lipinski definition) is 0. The molecule has 0 aliphatic carbocycles. The Kier molecular flexibility index (Phi) is 4.02. The summed E-state index contributed by atoms with van der Waals surface area (Å²) in [6.07, 6.45) is -0.203. The van der Waals surface area contributed by atoms with E-state index in [1.54, 1.807) is 12.1 Å². The van der Waals surface area contributed by atoms with E-state index in [9.17, 15) is 4.79 Å². The lowest BCUT2D eigenvalue weighted by atomic mass is 9.86. The molecule has 1 saturated heterocycles. The number of hydrogen-bond acceptors (Lipinski definition) is 3. The Hall–Kier alpha value is -1.35. The maximum absolute atomic E-state index is 12.0. The van der Waals surface area contributed by atoms with Gasteiger partial charge in [-0.25, -0.2) is 4.79 Å². The Morgan fingerprint density at radius 3 is 2.56 bits per heavy atom. The second kappa shape index (κ2) is 5.53. The lowest BCUT2D eigenvalue weighted by Gasteiger charge is -2.38. The number of carbonyl (C=O) groups is 1. The SMILES string of the molecule is C[C@@H]1OC[C@@H](C)[C@H](C)C1OC(=O)c1ccccc1. The van der Waals surface area contributed by atoms with E-state index >= 15 is 0 Å². The maximum Gasteiger partial charge on any atom is 0.338 e. The lowest BCUT2D eigenvalue weighted by molar-refractivity contribution is -0.122. The van der Waals surface area contributed by atoms with E-state index < -0.39 is 0 Å². The molecular weight excluding hydrogens is 228 g/mol. The van der Waals surface area contributed by atoms with Crippen LogP contribution in [-0.4, -0.2) is 24.8 Å². The van der Waals surface area contributed by atoms with Gasteiger partial charge in [0.2, 0.25) is 0 Å². The molecule has 1 aliphatic heterocycles. The van der Waals surface area contributed by atoms with Crippen LogP contribution in [0.3, 0.4) is 0 Å². The fourth-order valence-electron chi connectivity index (χ4n) is 2.27. The normalized spacial score (nSPS) is 31.9. The Balaban J connectivity index is 2.06. The first-order chi connectivity index (χ1) is 8.59. The number of esters is 1. The molecule has 0 radical (unpaired) electrons. The monoisotopic (exact) mass is 248 g/mol. The van der Waals surface area contributed by atoms with Gasteiger partial charge >= 0.3 is 5.97 Å². The van der Waals surface area contributed by atoms with E-state index in [1.165, 1.54) is 0 Å². The highest BCUT2D eigenvalue weighted by atomic mass is 16.6. The van der Waals surface area contributed by atoms with Crippen molar-refractivity contribution in [3.63, 3.8) is 0 Å². The van der Waals surface area contributed by atoms with Crippen molar-refractivity contribution < 1.29 is 14.3 Å². The van der Waals surface area contributed by atoms with Crippen LogP contribution in [0.4, 0.5) is 0 Å². The third kappa shape index (κ3) is 2.72. The van der Waals surface area contributed by atoms with Gasteiger partial charge in [0.05, 0.1) is 18.3 Å². The van der Waals surface area contributed by atoms with Crippen molar-refractivity contribution in [3.05, 3.63) is 35.9 Å².